The van der Waals surface area contributed by atoms with Crippen molar-refractivity contribution in [3.8, 4) is 22.9 Å². The van der Waals surface area contributed by atoms with Gasteiger partial charge in [0.15, 0.2) is 27.0 Å². The highest BCUT2D eigenvalue weighted by Crippen LogP contribution is 2.44. The molecule has 4 aromatic carbocycles. The number of aliphatic hydroxyl groups is 1. The second kappa shape index (κ2) is 14.2. The van der Waals surface area contributed by atoms with E-state index in [-0.39, 0.29) is 27.9 Å². The van der Waals surface area contributed by atoms with Gasteiger partial charge in [0.25, 0.3) is 25.8 Å². The third kappa shape index (κ3) is 7.76. The number of aromatic amines is 1. The van der Waals surface area contributed by atoms with Crippen LogP contribution in [0.2, 0.25) is 0 Å². The number of sulfone groups is 1. The van der Waals surface area contributed by atoms with Gasteiger partial charge in [-0.15, -0.1) is 15.3 Å². The minimum Gasteiger partial charge on any atom is -0.506 e. The summed E-state index contributed by atoms with van der Waals surface area (Å²) in [6, 6.07) is 10.3. The van der Waals surface area contributed by atoms with Crippen LogP contribution in [0.3, 0.4) is 0 Å². The molecule has 5 rings (SSSR count). The number of nitrogens with zero attached hydrogens (tertiary/aromatic N) is 5. The molecule has 0 amide bonds. The van der Waals surface area contributed by atoms with Crippen LogP contribution < -0.4 is 10.3 Å². The summed E-state index contributed by atoms with van der Waals surface area (Å²) in [6.45, 7) is -0.732. The number of carboxylic acids is 1. The number of aromatic nitrogens is 2. The minimum atomic E-state index is -5.10. The van der Waals surface area contributed by atoms with E-state index in [1.165, 1.54) is 12.1 Å². The molecule has 0 spiro atoms. The Morgan fingerprint density at radius 1 is 0.830 bits per heavy atom. The lowest BCUT2D eigenvalue weighted by Crippen LogP contribution is -2.14. The van der Waals surface area contributed by atoms with E-state index in [9.17, 15) is 59.3 Å². The van der Waals surface area contributed by atoms with Crippen molar-refractivity contribution in [2.24, 2.45) is 20.5 Å². The van der Waals surface area contributed by atoms with Gasteiger partial charge < -0.3 is 25.2 Å². The van der Waals surface area contributed by atoms with E-state index in [4.69, 9.17) is 9.84 Å². The quantitative estimate of drug-likeness (QED) is 0.0702. The number of aromatic hydroxyl groups is 2. The molecule has 5 aromatic rings. The largest absolute Gasteiger partial charge is 0.506 e. The number of methoxy groups -OCH3 is 1. The van der Waals surface area contributed by atoms with Crippen LogP contribution in [0, 0.1) is 0 Å². The van der Waals surface area contributed by atoms with Crippen LogP contribution >= 0.6 is 0 Å². The van der Waals surface area contributed by atoms with Gasteiger partial charge in [0.1, 0.15) is 32.7 Å². The molecule has 0 aliphatic carbocycles. The zero-order chi connectivity index (χ0) is 39.0. The smallest absolute Gasteiger partial charge is 0.356 e. The lowest BCUT2D eigenvalue weighted by Gasteiger charge is -2.11. The molecule has 0 fully saturated rings. The molecule has 0 saturated carbocycles. The molecule has 0 bridgehead atoms. The first kappa shape index (κ1) is 38.2. The van der Waals surface area contributed by atoms with E-state index in [1.54, 1.807) is 0 Å². The van der Waals surface area contributed by atoms with Gasteiger partial charge >= 0.3 is 5.97 Å². The van der Waals surface area contributed by atoms with Crippen molar-refractivity contribution in [2.45, 2.75) is 14.7 Å². The molecular weight excluding hydrogens is 769 g/mol. The van der Waals surface area contributed by atoms with E-state index in [0.717, 1.165) is 60.3 Å². The van der Waals surface area contributed by atoms with Crippen LogP contribution in [-0.4, -0.2) is 90.0 Å². The van der Waals surface area contributed by atoms with Crippen LogP contribution in [-0.2, 0) is 30.1 Å². The average molecular weight is 793 g/mol. The zero-order valence-corrected chi connectivity index (χ0v) is 29.0. The van der Waals surface area contributed by atoms with Gasteiger partial charge in [-0.3, -0.25) is 19.0 Å². The first-order valence-corrected chi connectivity index (χ1v) is 18.8. The van der Waals surface area contributed by atoms with Crippen LogP contribution in [0.4, 0.5) is 22.7 Å². The van der Waals surface area contributed by atoms with Gasteiger partial charge in [-0.25, -0.2) is 17.9 Å². The Bertz CT molecular complexity index is 2760. The van der Waals surface area contributed by atoms with Gasteiger partial charge in [-0.1, -0.05) is 6.07 Å². The number of rotatable bonds is 12. The summed E-state index contributed by atoms with van der Waals surface area (Å²) in [5.41, 5.74) is -3.93. The van der Waals surface area contributed by atoms with Crippen molar-refractivity contribution in [1.29, 1.82) is 0 Å². The van der Waals surface area contributed by atoms with E-state index in [0.29, 0.717) is 0 Å². The average Bonchev–Trinajstić information content (AvgIpc) is 3.42. The number of azo groups is 2. The van der Waals surface area contributed by atoms with Crippen LogP contribution in [0.1, 0.15) is 10.5 Å². The Kier molecular flexibility index (Phi) is 10.2. The fourth-order valence-electron chi connectivity index (χ4n) is 4.77. The predicted molar refractivity (Wildman–Crippen MR) is 181 cm³/mol. The number of ether oxygens (including phenoxy) is 1. The summed E-state index contributed by atoms with van der Waals surface area (Å²) in [7, 11) is -12.7. The molecule has 0 aliphatic rings. The maximum atomic E-state index is 13.1. The summed E-state index contributed by atoms with van der Waals surface area (Å²) < 4.78 is 97.1. The number of aromatic carboxylic acids is 1. The first-order chi connectivity index (χ1) is 24.8. The standard InChI is InChI=1S/C29H24N6O15S3/c1-50-21-12-19(20(37)13-22(21)51(42,43)9-8-36)31-32-24-23(53(47,48)49)10-14-2-3-15(11-18(14)27(24)38)30-33-25-26(29(40)41)34-35(28(25)39)16-4-6-17(7-5-16)52(44,45)46/h2-7,10-13,34,36-38H,8-9H2,1H3,(H,40,41)(H,44,45,46)(H,47,48,49). The Hall–Kier alpha value is -6.05. The summed E-state index contributed by atoms with van der Waals surface area (Å²) >= 11 is 0. The molecule has 0 radical (unpaired) electrons. The van der Waals surface area contributed by atoms with Crippen molar-refractivity contribution < 1.29 is 64.3 Å². The van der Waals surface area contributed by atoms with Gasteiger partial charge in [0, 0.05) is 17.5 Å². The zero-order valence-electron chi connectivity index (χ0n) is 26.5. The number of hydrogen-bond acceptors (Lipinski definition) is 16. The predicted octanol–water partition coefficient (Wildman–Crippen LogP) is 3.53. The van der Waals surface area contributed by atoms with Crippen molar-refractivity contribution in [3.05, 3.63) is 76.7 Å². The second-order valence-electron chi connectivity index (χ2n) is 10.6. The number of H-pyrrole nitrogens is 1. The van der Waals surface area contributed by atoms with Crippen molar-refractivity contribution in [3.63, 3.8) is 0 Å². The number of phenolic OH excluding ortho intramolecular Hbond substituents is 2. The van der Waals surface area contributed by atoms with Crippen LogP contribution in [0.15, 0.2) is 101 Å². The minimum absolute atomic E-state index is 0.000417. The van der Waals surface area contributed by atoms with Crippen molar-refractivity contribution in [2.75, 3.05) is 19.5 Å². The van der Waals surface area contributed by atoms with E-state index in [1.807, 2.05) is 0 Å². The molecule has 21 nitrogen and oxygen atoms in total. The molecule has 24 heteroatoms. The normalized spacial score (nSPS) is 12.6. The van der Waals surface area contributed by atoms with Gasteiger partial charge in [-0.05, 0) is 47.9 Å². The second-order valence-corrected chi connectivity index (χ2v) is 15.5. The summed E-state index contributed by atoms with van der Waals surface area (Å²) in [5.74, 6) is -4.32. The molecule has 0 aliphatic heterocycles. The molecule has 1 aromatic heterocycles. The summed E-state index contributed by atoms with van der Waals surface area (Å²) in [6.07, 6.45) is 0. The topological polar surface area (TPSA) is 337 Å². The maximum absolute atomic E-state index is 13.1. The first-order valence-electron chi connectivity index (χ1n) is 14.3. The van der Waals surface area contributed by atoms with E-state index in [2.05, 4.69) is 25.6 Å². The Morgan fingerprint density at radius 2 is 1.49 bits per heavy atom. The number of aliphatic hydroxyl groups excluding tert-OH is 1. The Labute approximate surface area is 297 Å². The summed E-state index contributed by atoms with van der Waals surface area (Å²) in [4.78, 5) is 23.1. The molecular formula is C29H24N6O15S3. The molecule has 53 heavy (non-hydrogen) atoms. The van der Waals surface area contributed by atoms with Gasteiger partial charge in [-0.2, -0.15) is 21.9 Å². The lowest BCUT2D eigenvalue weighted by atomic mass is 10.1. The van der Waals surface area contributed by atoms with E-state index < -0.39 is 103 Å². The maximum Gasteiger partial charge on any atom is 0.356 e. The molecule has 1 heterocycles. The number of fused-ring (bicyclic) bond motifs is 1. The molecule has 278 valence electrons. The molecule has 0 saturated heterocycles. The molecule has 7 N–H and O–H groups in total. The monoisotopic (exact) mass is 792 g/mol. The van der Waals surface area contributed by atoms with Gasteiger partial charge in [0.05, 0.1) is 35.7 Å². The fraction of sp³-hybridized carbons (Fsp3) is 0.103. The van der Waals surface area contributed by atoms with Crippen LogP contribution in [0.5, 0.6) is 17.2 Å². The Balaban J connectivity index is 1.58. The number of benzene rings is 4. The van der Waals surface area contributed by atoms with Crippen LogP contribution in [0.25, 0.3) is 16.5 Å². The number of hydrogen-bond donors (Lipinski definition) is 7. The highest BCUT2D eigenvalue weighted by Gasteiger charge is 2.25. The Morgan fingerprint density at radius 3 is 2.08 bits per heavy atom. The van der Waals surface area contributed by atoms with Crippen molar-refractivity contribution >= 4 is 69.6 Å². The third-order valence-corrected chi connectivity index (χ3v) is 10.7. The lowest BCUT2D eigenvalue weighted by molar-refractivity contribution is 0.0690. The molecule has 0 unspecified atom stereocenters. The summed E-state index contributed by atoms with van der Waals surface area (Å²) in [5, 5.41) is 57.5. The van der Waals surface area contributed by atoms with Gasteiger partial charge in [0.2, 0.25) is 0 Å². The highest BCUT2D eigenvalue weighted by atomic mass is 32.2. The fourth-order valence-corrected chi connectivity index (χ4v) is 7.10. The number of carboxylic acid groups (broad SMARTS) is 1. The SMILES string of the molecule is COc1cc(N=Nc2c(S(=O)(=O)O)cc3ccc(N=Nc4c(C(=O)O)[nH]n(-c5ccc(S(=O)(=O)O)cc5)c4=O)cc3c2O)c(O)cc1S(=O)(=O)CCO. The van der Waals surface area contributed by atoms with E-state index >= 15 is 0 Å². The number of phenols is 2. The van der Waals surface area contributed by atoms with Crippen molar-refractivity contribution in [1.82, 2.24) is 9.78 Å². The molecule has 0 atom stereocenters. The third-order valence-electron chi connectivity index (χ3n) is 7.27. The number of carbonyl (C=O) groups is 1. The number of nitrogens with one attached hydrogen (secondary N) is 1. The highest BCUT2D eigenvalue weighted by molar-refractivity contribution is 7.91.